The molecular formula is C12H14BrF3N2O. The first-order valence-electron chi connectivity index (χ1n) is 5.60. The quantitative estimate of drug-likeness (QED) is 0.912. The number of anilines is 1. The summed E-state index contributed by atoms with van der Waals surface area (Å²) in [6, 6.07) is 3.59. The molecule has 0 aliphatic heterocycles. The zero-order valence-corrected chi connectivity index (χ0v) is 12.1. The van der Waals surface area contributed by atoms with Crippen LogP contribution < -0.4 is 5.32 Å². The fourth-order valence-electron chi connectivity index (χ4n) is 1.39. The molecule has 0 unspecified atom stereocenters. The highest BCUT2D eigenvalue weighted by Gasteiger charge is 2.33. The van der Waals surface area contributed by atoms with E-state index < -0.39 is 11.7 Å². The number of nitrogens with zero attached hydrogens (tertiary/aromatic N) is 1. The van der Waals surface area contributed by atoms with E-state index in [0.29, 0.717) is 11.0 Å². The van der Waals surface area contributed by atoms with Gasteiger partial charge in [-0.15, -0.1) is 0 Å². The van der Waals surface area contributed by atoms with Crippen molar-refractivity contribution in [1.29, 1.82) is 0 Å². The highest BCUT2D eigenvalue weighted by atomic mass is 79.9. The number of carbonyl (C=O) groups is 1. The maximum Gasteiger partial charge on any atom is 0.418 e. The normalized spacial score (nSPS) is 11.3. The number of hydrogen-bond donors (Lipinski definition) is 1. The van der Waals surface area contributed by atoms with Crippen LogP contribution in [0.15, 0.2) is 22.7 Å². The van der Waals surface area contributed by atoms with Crippen LogP contribution in [0.2, 0.25) is 0 Å². The van der Waals surface area contributed by atoms with Crippen molar-refractivity contribution in [3.05, 3.63) is 28.2 Å². The van der Waals surface area contributed by atoms with E-state index in [1.165, 1.54) is 17.0 Å². The summed E-state index contributed by atoms with van der Waals surface area (Å²) in [5.74, 6) is -0.268. The van der Waals surface area contributed by atoms with Crippen LogP contribution in [0.4, 0.5) is 18.9 Å². The van der Waals surface area contributed by atoms with Crippen LogP contribution in [0, 0.1) is 0 Å². The third-order valence-corrected chi connectivity index (χ3v) is 3.11. The van der Waals surface area contributed by atoms with Crippen LogP contribution in [-0.2, 0) is 11.0 Å². The van der Waals surface area contributed by atoms with Crippen molar-refractivity contribution < 1.29 is 18.0 Å². The van der Waals surface area contributed by atoms with Crippen LogP contribution in [0.25, 0.3) is 0 Å². The Morgan fingerprint density at radius 3 is 2.58 bits per heavy atom. The second-order valence-electron chi connectivity index (χ2n) is 3.95. The number of hydrogen-bond acceptors (Lipinski definition) is 2. The minimum absolute atomic E-state index is 0.111. The number of halogens is 4. The molecule has 7 heteroatoms. The van der Waals surface area contributed by atoms with E-state index in [-0.39, 0.29) is 18.1 Å². The largest absolute Gasteiger partial charge is 0.418 e. The Morgan fingerprint density at radius 1 is 1.42 bits per heavy atom. The molecule has 1 N–H and O–H groups in total. The lowest BCUT2D eigenvalue weighted by molar-refractivity contribution is -0.137. The second-order valence-corrected chi connectivity index (χ2v) is 4.86. The summed E-state index contributed by atoms with van der Waals surface area (Å²) < 4.78 is 38.8. The molecule has 0 radical (unpaired) electrons. The third-order valence-electron chi connectivity index (χ3n) is 2.62. The number of likely N-dealkylation sites (N-methyl/N-ethyl adjacent to an activating group) is 1. The van der Waals surface area contributed by atoms with Crippen LogP contribution in [0.5, 0.6) is 0 Å². The third kappa shape index (κ3) is 4.41. The topological polar surface area (TPSA) is 32.3 Å². The molecule has 1 rings (SSSR count). The standard InChI is InChI=1S/C12H14BrF3N2O/c1-3-18(2)11(19)7-17-10-6-8(13)4-5-9(10)12(14,15)16/h4-6,17H,3,7H2,1-2H3. The summed E-state index contributed by atoms with van der Waals surface area (Å²) in [7, 11) is 1.59. The van der Waals surface area contributed by atoms with Crippen molar-refractivity contribution in [2.75, 3.05) is 25.5 Å². The van der Waals surface area contributed by atoms with Crippen molar-refractivity contribution in [3.8, 4) is 0 Å². The molecule has 0 heterocycles. The highest BCUT2D eigenvalue weighted by molar-refractivity contribution is 9.10. The second kappa shape index (κ2) is 6.27. The molecule has 0 aromatic heterocycles. The first-order chi connectivity index (χ1) is 8.75. The van der Waals surface area contributed by atoms with Crippen molar-refractivity contribution in [2.24, 2.45) is 0 Å². The summed E-state index contributed by atoms with van der Waals surface area (Å²) in [5.41, 5.74) is -0.901. The van der Waals surface area contributed by atoms with Crippen molar-refractivity contribution in [2.45, 2.75) is 13.1 Å². The first-order valence-corrected chi connectivity index (χ1v) is 6.39. The molecule has 0 saturated heterocycles. The van der Waals surface area contributed by atoms with Gasteiger partial charge in [-0.3, -0.25) is 4.79 Å². The Labute approximate surface area is 117 Å². The average Bonchev–Trinajstić information content (AvgIpc) is 2.33. The number of carbonyl (C=O) groups excluding carboxylic acids is 1. The molecule has 1 aromatic carbocycles. The molecule has 1 aromatic rings. The Morgan fingerprint density at radius 2 is 2.05 bits per heavy atom. The molecular weight excluding hydrogens is 325 g/mol. The van der Waals surface area contributed by atoms with Crippen molar-refractivity contribution >= 4 is 27.5 Å². The lowest BCUT2D eigenvalue weighted by Gasteiger charge is -2.18. The predicted octanol–water partition coefficient (Wildman–Crippen LogP) is 3.36. The van der Waals surface area contributed by atoms with Crippen LogP contribution in [-0.4, -0.2) is 30.9 Å². The summed E-state index contributed by atoms with van der Waals surface area (Å²) in [4.78, 5) is 13.0. The van der Waals surface area contributed by atoms with Crippen molar-refractivity contribution in [1.82, 2.24) is 4.90 Å². The molecule has 0 aliphatic rings. The molecule has 106 valence electrons. The molecule has 0 atom stereocenters. The zero-order valence-electron chi connectivity index (χ0n) is 10.5. The fourth-order valence-corrected chi connectivity index (χ4v) is 1.75. The molecule has 0 aliphatic carbocycles. The predicted molar refractivity (Wildman–Crippen MR) is 70.9 cm³/mol. The lowest BCUT2D eigenvalue weighted by atomic mass is 10.1. The van der Waals surface area contributed by atoms with Crippen LogP contribution >= 0.6 is 15.9 Å². The Hall–Kier alpha value is -1.24. The van der Waals surface area contributed by atoms with Gasteiger partial charge in [0.25, 0.3) is 0 Å². The average molecular weight is 339 g/mol. The van der Waals surface area contributed by atoms with E-state index in [2.05, 4.69) is 21.2 Å². The number of rotatable bonds is 4. The minimum atomic E-state index is -4.46. The summed E-state index contributed by atoms with van der Waals surface area (Å²) >= 11 is 3.11. The minimum Gasteiger partial charge on any atom is -0.376 e. The van der Waals surface area contributed by atoms with E-state index in [1.54, 1.807) is 14.0 Å². The number of amides is 1. The van der Waals surface area contributed by atoms with Gasteiger partial charge >= 0.3 is 6.18 Å². The fraction of sp³-hybridized carbons (Fsp3) is 0.417. The van der Waals surface area contributed by atoms with Crippen LogP contribution in [0.3, 0.4) is 0 Å². The van der Waals surface area contributed by atoms with Gasteiger partial charge in [0.2, 0.25) is 5.91 Å². The van der Waals surface area contributed by atoms with Gasteiger partial charge in [-0.25, -0.2) is 0 Å². The Kier molecular flexibility index (Phi) is 5.22. The molecule has 0 bridgehead atoms. The van der Waals surface area contributed by atoms with Gasteiger partial charge in [-0.2, -0.15) is 13.2 Å². The van der Waals surface area contributed by atoms with Gasteiger partial charge in [-0.05, 0) is 25.1 Å². The molecule has 0 saturated carbocycles. The number of benzene rings is 1. The Bertz CT molecular complexity index is 463. The summed E-state index contributed by atoms with van der Waals surface area (Å²) in [5, 5.41) is 2.53. The highest BCUT2D eigenvalue weighted by Crippen LogP contribution is 2.36. The Balaban J connectivity index is 2.88. The SMILES string of the molecule is CCN(C)C(=O)CNc1cc(Br)ccc1C(F)(F)F. The molecule has 3 nitrogen and oxygen atoms in total. The van der Waals surface area contributed by atoms with E-state index in [1.807, 2.05) is 0 Å². The zero-order chi connectivity index (χ0) is 14.6. The summed E-state index contributed by atoms with van der Waals surface area (Å²) in [6.45, 7) is 2.12. The maximum absolute atomic E-state index is 12.8. The van der Waals surface area contributed by atoms with Gasteiger partial charge in [0, 0.05) is 23.8 Å². The van der Waals surface area contributed by atoms with E-state index >= 15 is 0 Å². The molecule has 0 spiro atoms. The van der Waals surface area contributed by atoms with Crippen molar-refractivity contribution in [3.63, 3.8) is 0 Å². The number of alkyl halides is 3. The number of nitrogens with one attached hydrogen (secondary N) is 1. The smallest absolute Gasteiger partial charge is 0.376 e. The maximum atomic E-state index is 12.8. The van der Waals surface area contributed by atoms with Crippen LogP contribution in [0.1, 0.15) is 12.5 Å². The monoisotopic (exact) mass is 338 g/mol. The van der Waals surface area contributed by atoms with E-state index in [4.69, 9.17) is 0 Å². The summed E-state index contributed by atoms with van der Waals surface area (Å²) in [6.07, 6.45) is -4.46. The van der Waals surface area contributed by atoms with Gasteiger partial charge in [-0.1, -0.05) is 15.9 Å². The molecule has 0 fully saturated rings. The van der Waals surface area contributed by atoms with Gasteiger partial charge in [0.1, 0.15) is 0 Å². The van der Waals surface area contributed by atoms with Gasteiger partial charge < -0.3 is 10.2 Å². The molecule has 19 heavy (non-hydrogen) atoms. The van der Waals surface area contributed by atoms with Gasteiger partial charge in [0.05, 0.1) is 12.1 Å². The van der Waals surface area contributed by atoms with Gasteiger partial charge in [0.15, 0.2) is 0 Å². The van der Waals surface area contributed by atoms with E-state index in [9.17, 15) is 18.0 Å². The lowest BCUT2D eigenvalue weighted by Crippen LogP contribution is -2.32. The van der Waals surface area contributed by atoms with E-state index in [0.717, 1.165) is 6.07 Å². The first kappa shape index (κ1) is 15.8. The molecule has 1 amide bonds.